The summed E-state index contributed by atoms with van der Waals surface area (Å²) < 4.78 is 44.8. The third-order valence-corrected chi connectivity index (χ3v) is 2.39. The number of alkyl halides is 3. The zero-order valence-corrected chi connectivity index (χ0v) is 8.96. The molecule has 0 aromatic carbocycles. The second kappa shape index (κ2) is 5.01. The van der Waals surface area contributed by atoms with Gasteiger partial charge in [0.25, 0.3) is 0 Å². The highest BCUT2D eigenvalue weighted by Crippen LogP contribution is 2.20. The van der Waals surface area contributed by atoms with Crippen LogP contribution in [-0.4, -0.2) is 36.0 Å². The Balaban J connectivity index is 1.81. The average Bonchev–Trinajstić information content (AvgIpc) is 2.83. The molecule has 1 N–H and O–H groups in total. The van der Waals surface area contributed by atoms with Crippen LogP contribution in [0.25, 0.3) is 0 Å². The molecule has 0 saturated carbocycles. The van der Waals surface area contributed by atoms with Gasteiger partial charge in [-0.25, -0.2) is 0 Å². The predicted molar refractivity (Wildman–Crippen MR) is 50.2 cm³/mol. The monoisotopic (exact) mass is 251 g/mol. The van der Waals surface area contributed by atoms with Crippen molar-refractivity contribution in [2.45, 2.75) is 25.1 Å². The van der Waals surface area contributed by atoms with Gasteiger partial charge >= 0.3 is 6.18 Å². The topological polar surface area (TPSA) is 60.2 Å². The fraction of sp³-hybridized carbons (Fsp3) is 0.778. The Bertz CT molecular complexity index is 361. The number of ether oxygens (including phenoxy) is 1. The van der Waals surface area contributed by atoms with Crippen molar-refractivity contribution in [3.63, 3.8) is 0 Å². The highest BCUT2D eigenvalue weighted by Gasteiger charge is 2.28. The summed E-state index contributed by atoms with van der Waals surface area (Å²) in [4.78, 5) is 4.00. The van der Waals surface area contributed by atoms with Gasteiger partial charge in [0.2, 0.25) is 5.89 Å². The van der Waals surface area contributed by atoms with Crippen LogP contribution in [0.5, 0.6) is 0 Å². The van der Waals surface area contributed by atoms with Crippen LogP contribution >= 0.6 is 0 Å². The molecular weight excluding hydrogens is 239 g/mol. The summed E-state index contributed by atoms with van der Waals surface area (Å²) in [5.41, 5.74) is 0. The lowest BCUT2D eigenvalue weighted by atomic mass is 10.1. The minimum atomic E-state index is -4.33. The maximum atomic E-state index is 11.8. The zero-order chi connectivity index (χ0) is 12.3. The molecule has 96 valence electrons. The first-order valence-corrected chi connectivity index (χ1v) is 5.22. The largest absolute Gasteiger partial charge is 0.411 e. The molecule has 0 aliphatic carbocycles. The Labute approximate surface area is 95.3 Å². The van der Waals surface area contributed by atoms with Gasteiger partial charge < -0.3 is 14.6 Å². The number of halogens is 3. The third kappa shape index (κ3) is 3.67. The standard InChI is InChI=1S/C9H12F3N3O2/c10-9(11,12)5-16-4-7-14-8(17-15-7)6-1-2-13-3-6/h6,13H,1-5H2. The second-order valence-corrected chi connectivity index (χ2v) is 3.85. The molecular formula is C9H12F3N3O2. The summed E-state index contributed by atoms with van der Waals surface area (Å²) in [7, 11) is 0. The molecule has 1 aliphatic rings. The molecule has 0 amide bonds. The van der Waals surface area contributed by atoms with E-state index >= 15 is 0 Å². The van der Waals surface area contributed by atoms with Crippen molar-refractivity contribution in [3.8, 4) is 0 Å². The van der Waals surface area contributed by atoms with Gasteiger partial charge in [-0.15, -0.1) is 0 Å². The first kappa shape index (κ1) is 12.3. The van der Waals surface area contributed by atoms with E-state index in [1.54, 1.807) is 0 Å². The molecule has 1 saturated heterocycles. The SMILES string of the molecule is FC(F)(F)COCc1noc(C2CCNC2)n1. The van der Waals surface area contributed by atoms with Gasteiger partial charge in [0.1, 0.15) is 13.2 Å². The molecule has 1 atom stereocenters. The highest BCUT2D eigenvalue weighted by molar-refractivity contribution is 4.97. The molecule has 1 unspecified atom stereocenters. The number of hydrogen-bond acceptors (Lipinski definition) is 5. The van der Waals surface area contributed by atoms with Gasteiger partial charge in [-0.3, -0.25) is 0 Å². The van der Waals surface area contributed by atoms with Crippen LogP contribution in [0.15, 0.2) is 4.52 Å². The number of aromatic nitrogens is 2. The fourth-order valence-corrected chi connectivity index (χ4v) is 1.62. The highest BCUT2D eigenvalue weighted by atomic mass is 19.4. The lowest BCUT2D eigenvalue weighted by Gasteiger charge is -2.04. The van der Waals surface area contributed by atoms with E-state index < -0.39 is 12.8 Å². The van der Waals surface area contributed by atoms with E-state index in [0.29, 0.717) is 5.89 Å². The van der Waals surface area contributed by atoms with Crippen LogP contribution in [0, 0.1) is 0 Å². The van der Waals surface area contributed by atoms with Gasteiger partial charge in [-0.2, -0.15) is 18.2 Å². The molecule has 1 aliphatic heterocycles. The molecule has 2 rings (SSSR count). The molecule has 0 bridgehead atoms. The maximum absolute atomic E-state index is 11.8. The van der Waals surface area contributed by atoms with Crippen molar-refractivity contribution >= 4 is 0 Å². The Kier molecular flexibility index (Phi) is 3.63. The molecule has 5 nitrogen and oxygen atoms in total. The van der Waals surface area contributed by atoms with Crippen LogP contribution in [0.2, 0.25) is 0 Å². The zero-order valence-electron chi connectivity index (χ0n) is 8.96. The molecule has 0 spiro atoms. The van der Waals surface area contributed by atoms with Crippen molar-refractivity contribution in [1.82, 2.24) is 15.5 Å². The van der Waals surface area contributed by atoms with Crippen molar-refractivity contribution in [2.24, 2.45) is 0 Å². The molecule has 1 aromatic rings. The Morgan fingerprint density at radius 2 is 2.29 bits per heavy atom. The molecule has 1 aromatic heterocycles. The van der Waals surface area contributed by atoms with Crippen molar-refractivity contribution in [3.05, 3.63) is 11.7 Å². The minimum absolute atomic E-state index is 0.149. The van der Waals surface area contributed by atoms with Gasteiger partial charge in [-0.05, 0) is 13.0 Å². The number of rotatable bonds is 4. The van der Waals surface area contributed by atoms with Crippen LogP contribution < -0.4 is 5.32 Å². The first-order valence-electron chi connectivity index (χ1n) is 5.22. The van der Waals surface area contributed by atoms with Crippen LogP contribution in [0.4, 0.5) is 13.2 Å². The molecule has 0 radical (unpaired) electrons. The smallest absolute Gasteiger partial charge is 0.364 e. The van der Waals surface area contributed by atoms with Crippen molar-refractivity contribution in [2.75, 3.05) is 19.7 Å². The molecule has 17 heavy (non-hydrogen) atoms. The molecule has 2 heterocycles. The van der Waals surface area contributed by atoms with E-state index in [4.69, 9.17) is 4.52 Å². The van der Waals surface area contributed by atoms with E-state index in [9.17, 15) is 13.2 Å². The van der Waals surface area contributed by atoms with E-state index in [2.05, 4.69) is 20.2 Å². The summed E-state index contributed by atoms with van der Waals surface area (Å²) in [5, 5.41) is 6.71. The van der Waals surface area contributed by atoms with E-state index in [-0.39, 0.29) is 18.3 Å². The number of nitrogens with zero attached hydrogens (tertiary/aromatic N) is 2. The van der Waals surface area contributed by atoms with Gasteiger partial charge in [0, 0.05) is 6.54 Å². The van der Waals surface area contributed by atoms with E-state index in [1.807, 2.05) is 0 Å². The Morgan fingerprint density at radius 1 is 1.47 bits per heavy atom. The lowest BCUT2D eigenvalue weighted by Crippen LogP contribution is -2.17. The lowest BCUT2D eigenvalue weighted by molar-refractivity contribution is -0.177. The van der Waals surface area contributed by atoms with Gasteiger partial charge in [0.15, 0.2) is 5.82 Å². The number of nitrogens with one attached hydrogen (secondary N) is 1. The summed E-state index contributed by atoms with van der Waals surface area (Å²) in [5.74, 6) is 0.760. The maximum Gasteiger partial charge on any atom is 0.411 e. The van der Waals surface area contributed by atoms with Gasteiger partial charge in [-0.1, -0.05) is 5.16 Å². The quantitative estimate of drug-likeness (QED) is 0.872. The average molecular weight is 251 g/mol. The van der Waals surface area contributed by atoms with Gasteiger partial charge in [0.05, 0.1) is 5.92 Å². The Morgan fingerprint density at radius 3 is 2.94 bits per heavy atom. The molecule has 8 heteroatoms. The summed E-state index contributed by atoms with van der Waals surface area (Å²) in [6, 6.07) is 0. The minimum Gasteiger partial charge on any atom is -0.364 e. The second-order valence-electron chi connectivity index (χ2n) is 3.85. The van der Waals surface area contributed by atoms with Crippen LogP contribution in [0.1, 0.15) is 24.1 Å². The van der Waals surface area contributed by atoms with Crippen molar-refractivity contribution < 1.29 is 22.4 Å². The van der Waals surface area contributed by atoms with Crippen LogP contribution in [0.3, 0.4) is 0 Å². The van der Waals surface area contributed by atoms with E-state index in [0.717, 1.165) is 19.5 Å². The first-order chi connectivity index (χ1) is 8.04. The summed E-state index contributed by atoms with van der Waals surface area (Å²) in [6.07, 6.45) is -3.44. The van der Waals surface area contributed by atoms with Crippen molar-refractivity contribution in [1.29, 1.82) is 0 Å². The van der Waals surface area contributed by atoms with Crippen LogP contribution in [-0.2, 0) is 11.3 Å². The normalized spacial score (nSPS) is 21.0. The third-order valence-electron chi connectivity index (χ3n) is 2.39. The predicted octanol–water partition coefficient (Wildman–Crippen LogP) is 1.23. The number of hydrogen-bond donors (Lipinski definition) is 1. The fourth-order valence-electron chi connectivity index (χ4n) is 1.62. The summed E-state index contributed by atoms with van der Waals surface area (Å²) in [6.45, 7) is 0.0447. The van der Waals surface area contributed by atoms with E-state index in [1.165, 1.54) is 0 Å². The Hall–Kier alpha value is -1.15. The summed E-state index contributed by atoms with van der Waals surface area (Å²) >= 11 is 0. The molecule has 1 fully saturated rings.